The second kappa shape index (κ2) is 10.7. The number of nitrogens with zero attached hydrogens (tertiary/aromatic N) is 2. The SMILES string of the molecule is CCOC(=O)CCN(Cc1cccnc1)C(=O)/C=C/c1ccc(Cl)c(Cl)c1. The average Bonchev–Trinajstić information content (AvgIpc) is 2.67. The number of aromatic nitrogens is 1. The highest BCUT2D eigenvalue weighted by molar-refractivity contribution is 6.42. The topological polar surface area (TPSA) is 59.5 Å². The van der Waals surface area contributed by atoms with Gasteiger partial charge in [0.1, 0.15) is 0 Å². The molecule has 5 nitrogen and oxygen atoms in total. The van der Waals surface area contributed by atoms with Crippen LogP contribution in [0.3, 0.4) is 0 Å². The molecule has 1 amide bonds. The Hall–Kier alpha value is -2.37. The molecule has 0 saturated heterocycles. The summed E-state index contributed by atoms with van der Waals surface area (Å²) in [4.78, 5) is 29.9. The van der Waals surface area contributed by atoms with E-state index in [0.717, 1.165) is 11.1 Å². The van der Waals surface area contributed by atoms with Gasteiger partial charge < -0.3 is 9.64 Å². The Labute approximate surface area is 168 Å². The van der Waals surface area contributed by atoms with Gasteiger partial charge in [-0.3, -0.25) is 14.6 Å². The average molecular weight is 407 g/mol. The zero-order chi connectivity index (χ0) is 19.6. The maximum Gasteiger partial charge on any atom is 0.307 e. The van der Waals surface area contributed by atoms with Crippen molar-refractivity contribution in [2.75, 3.05) is 13.2 Å². The number of hydrogen-bond donors (Lipinski definition) is 0. The molecule has 0 bridgehead atoms. The number of amides is 1. The fraction of sp³-hybridized carbons (Fsp3) is 0.250. The first-order valence-electron chi connectivity index (χ1n) is 8.46. The predicted molar refractivity (Wildman–Crippen MR) is 106 cm³/mol. The van der Waals surface area contributed by atoms with Gasteiger partial charge in [0.25, 0.3) is 0 Å². The van der Waals surface area contributed by atoms with Crippen LogP contribution in [-0.2, 0) is 20.9 Å². The second-order valence-electron chi connectivity index (χ2n) is 5.68. The van der Waals surface area contributed by atoms with E-state index in [1.165, 1.54) is 6.08 Å². The van der Waals surface area contributed by atoms with Crippen LogP contribution in [0.5, 0.6) is 0 Å². The summed E-state index contributed by atoms with van der Waals surface area (Å²) in [5.74, 6) is -0.566. The summed E-state index contributed by atoms with van der Waals surface area (Å²) in [6, 6.07) is 8.79. The van der Waals surface area contributed by atoms with Crippen molar-refractivity contribution in [2.24, 2.45) is 0 Å². The summed E-state index contributed by atoms with van der Waals surface area (Å²) in [7, 11) is 0. The molecule has 1 heterocycles. The van der Waals surface area contributed by atoms with Gasteiger partial charge in [-0.2, -0.15) is 0 Å². The van der Waals surface area contributed by atoms with Gasteiger partial charge in [0, 0.05) is 31.6 Å². The van der Waals surface area contributed by atoms with Gasteiger partial charge in [-0.15, -0.1) is 0 Å². The summed E-state index contributed by atoms with van der Waals surface area (Å²) < 4.78 is 4.94. The van der Waals surface area contributed by atoms with Crippen molar-refractivity contribution in [1.82, 2.24) is 9.88 Å². The summed E-state index contributed by atoms with van der Waals surface area (Å²) in [5.41, 5.74) is 1.63. The van der Waals surface area contributed by atoms with Crippen LogP contribution in [0.25, 0.3) is 6.08 Å². The van der Waals surface area contributed by atoms with Crippen molar-refractivity contribution in [3.8, 4) is 0 Å². The maximum atomic E-state index is 12.7. The lowest BCUT2D eigenvalue weighted by Gasteiger charge is -2.21. The molecular weight excluding hydrogens is 387 g/mol. The van der Waals surface area contributed by atoms with Gasteiger partial charge in [0.05, 0.1) is 23.1 Å². The minimum atomic E-state index is -0.338. The standard InChI is InChI=1S/C20H20Cl2N2O3/c1-2-27-20(26)9-11-24(14-16-4-3-10-23-13-16)19(25)8-6-15-5-7-17(21)18(22)12-15/h3-8,10,12-13H,2,9,11,14H2,1H3/b8-6+. The highest BCUT2D eigenvalue weighted by atomic mass is 35.5. The van der Waals surface area contributed by atoms with Crippen molar-refractivity contribution in [3.63, 3.8) is 0 Å². The molecule has 0 radical (unpaired) electrons. The van der Waals surface area contributed by atoms with E-state index in [1.807, 2.05) is 6.07 Å². The molecule has 27 heavy (non-hydrogen) atoms. The Morgan fingerprint density at radius 3 is 2.70 bits per heavy atom. The van der Waals surface area contributed by atoms with Crippen molar-refractivity contribution < 1.29 is 14.3 Å². The second-order valence-corrected chi connectivity index (χ2v) is 6.50. The Balaban J connectivity index is 2.09. The Kier molecular flexibility index (Phi) is 8.30. The van der Waals surface area contributed by atoms with Gasteiger partial charge in [-0.05, 0) is 42.3 Å². The van der Waals surface area contributed by atoms with Crippen LogP contribution < -0.4 is 0 Å². The number of halogens is 2. The van der Waals surface area contributed by atoms with Gasteiger partial charge in [0.2, 0.25) is 5.91 Å². The van der Waals surface area contributed by atoms with Crippen LogP contribution in [-0.4, -0.2) is 34.9 Å². The highest BCUT2D eigenvalue weighted by Crippen LogP contribution is 2.23. The molecule has 2 rings (SSSR count). The molecule has 0 spiro atoms. The van der Waals surface area contributed by atoms with Crippen LogP contribution >= 0.6 is 23.2 Å². The van der Waals surface area contributed by atoms with E-state index >= 15 is 0 Å². The minimum Gasteiger partial charge on any atom is -0.466 e. The summed E-state index contributed by atoms with van der Waals surface area (Å²) in [5, 5.41) is 0.869. The third-order valence-corrected chi connectivity index (χ3v) is 4.40. The molecule has 0 fully saturated rings. The molecule has 0 atom stereocenters. The van der Waals surface area contributed by atoms with Gasteiger partial charge in [-0.1, -0.05) is 35.3 Å². The number of benzene rings is 1. The lowest BCUT2D eigenvalue weighted by atomic mass is 10.2. The molecule has 7 heteroatoms. The Morgan fingerprint density at radius 2 is 2.04 bits per heavy atom. The van der Waals surface area contributed by atoms with Crippen molar-refractivity contribution in [2.45, 2.75) is 19.9 Å². The lowest BCUT2D eigenvalue weighted by molar-refractivity contribution is -0.143. The number of esters is 1. The molecule has 0 N–H and O–H groups in total. The van der Waals surface area contributed by atoms with E-state index in [1.54, 1.807) is 54.6 Å². The number of carbonyl (C=O) groups is 2. The molecule has 1 aromatic carbocycles. The van der Waals surface area contributed by atoms with Crippen molar-refractivity contribution in [3.05, 3.63) is 70.0 Å². The first-order valence-corrected chi connectivity index (χ1v) is 9.21. The third-order valence-electron chi connectivity index (χ3n) is 3.66. The van der Waals surface area contributed by atoms with Crippen LogP contribution in [0.1, 0.15) is 24.5 Å². The van der Waals surface area contributed by atoms with Crippen molar-refractivity contribution >= 4 is 41.2 Å². The van der Waals surface area contributed by atoms with Gasteiger partial charge in [-0.25, -0.2) is 0 Å². The minimum absolute atomic E-state index is 0.125. The smallest absolute Gasteiger partial charge is 0.307 e. The quantitative estimate of drug-likeness (QED) is 0.481. The molecule has 1 aromatic heterocycles. The van der Waals surface area contributed by atoms with E-state index in [0.29, 0.717) is 23.2 Å². The number of rotatable bonds is 8. The van der Waals surface area contributed by atoms with Crippen LogP contribution in [0, 0.1) is 0 Å². The first kappa shape index (κ1) is 20.9. The number of pyridine rings is 1. The molecular formula is C20H20Cl2N2O3. The van der Waals surface area contributed by atoms with E-state index in [4.69, 9.17) is 27.9 Å². The number of carbonyl (C=O) groups excluding carboxylic acids is 2. The van der Waals surface area contributed by atoms with E-state index in [-0.39, 0.29) is 24.8 Å². The molecule has 0 aliphatic rings. The molecule has 142 valence electrons. The molecule has 2 aromatic rings. The first-order chi connectivity index (χ1) is 13.0. The van der Waals surface area contributed by atoms with Gasteiger partial charge in [0.15, 0.2) is 0 Å². The van der Waals surface area contributed by atoms with Gasteiger partial charge >= 0.3 is 5.97 Å². The summed E-state index contributed by atoms with van der Waals surface area (Å²) >= 11 is 11.9. The molecule has 0 aliphatic heterocycles. The van der Waals surface area contributed by atoms with E-state index < -0.39 is 0 Å². The normalized spacial score (nSPS) is 10.8. The van der Waals surface area contributed by atoms with Crippen LogP contribution in [0.15, 0.2) is 48.8 Å². The van der Waals surface area contributed by atoms with E-state index in [9.17, 15) is 9.59 Å². The molecule has 0 saturated carbocycles. The lowest BCUT2D eigenvalue weighted by Crippen LogP contribution is -2.31. The maximum absolute atomic E-state index is 12.7. The largest absolute Gasteiger partial charge is 0.466 e. The summed E-state index contributed by atoms with van der Waals surface area (Å²) in [6.07, 6.45) is 6.58. The van der Waals surface area contributed by atoms with Crippen molar-refractivity contribution in [1.29, 1.82) is 0 Å². The monoisotopic (exact) mass is 406 g/mol. The van der Waals surface area contributed by atoms with Crippen LogP contribution in [0.4, 0.5) is 0 Å². The highest BCUT2D eigenvalue weighted by Gasteiger charge is 2.14. The molecule has 0 unspecified atom stereocenters. The van der Waals surface area contributed by atoms with Crippen LogP contribution in [0.2, 0.25) is 10.0 Å². The number of hydrogen-bond acceptors (Lipinski definition) is 4. The summed E-state index contributed by atoms with van der Waals surface area (Å²) in [6.45, 7) is 2.65. The third kappa shape index (κ3) is 7.04. The fourth-order valence-corrected chi connectivity index (χ4v) is 2.63. The molecule has 0 aliphatic carbocycles. The Bertz CT molecular complexity index is 810. The Morgan fingerprint density at radius 1 is 1.22 bits per heavy atom. The zero-order valence-electron chi connectivity index (χ0n) is 14.9. The predicted octanol–water partition coefficient (Wildman–Crippen LogP) is 4.38. The fourth-order valence-electron chi connectivity index (χ4n) is 2.33. The number of ether oxygens (including phenoxy) is 1. The van der Waals surface area contributed by atoms with E-state index in [2.05, 4.69) is 4.98 Å². The zero-order valence-corrected chi connectivity index (χ0v) is 16.4.